The van der Waals surface area contributed by atoms with Crippen molar-refractivity contribution in [2.24, 2.45) is 17.6 Å². The highest BCUT2D eigenvalue weighted by atomic mass is 16.4. The summed E-state index contributed by atoms with van der Waals surface area (Å²) in [6.07, 6.45) is 0. The summed E-state index contributed by atoms with van der Waals surface area (Å²) in [5.41, 5.74) is 5.29. The molecule has 3 heteroatoms. The maximum absolute atomic E-state index is 10.3. The number of aliphatic carboxylic acids is 1. The molecule has 0 unspecified atom stereocenters. The Morgan fingerprint density at radius 3 is 1.92 bits per heavy atom. The van der Waals surface area contributed by atoms with Crippen LogP contribution in [0.4, 0.5) is 0 Å². The summed E-state index contributed by atoms with van der Waals surface area (Å²) < 4.78 is 0. The normalized spacial score (nSPS) is 11.3. The molecule has 13 heavy (non-hydrogen) atoms. The lowest BCUT2D eigenvalue weighted by molar-refractivity contribution is -0.130. The molecule has 0 aromatic heterocycles. The minimum absolute atomic E-state index is 0.138. The van der Waals surface area contributed by atoms with Crippen LogP contribution in [0.5, 0.6) is 0 Å². The van der Waals surface area contributed by atoms with Crippen LogP contribution in [-0.2, 0) is 4.79 Å². The summed E-state index contributed by atoms with van der Waals surface area (Å²) in [6, 6.07) is 0. The second-order valence-electron chi connectivity index (χ2n) is 3.80. The van der Waals surface area contributed by atoms with Gasteiger partial charge >= 0.3 is 5.97 Å². The molecular formula is C10H17NO2. The van der Waals surface area contributed by atoms with Gasteiger partial charge in [-0.25, -0.2) is 4.79 Å². The number of hydrogen-bond acceptors (Lipinski definition) is 2. The van der Waals surface area contributed by atoms with Gasteiger partial charge in [0.1, 0.15) is 0 Å². The molecule has 0 saturated heterocycles. The highest BCUT2D eigenvalue weighted by molar-refractivity contribution is 5.86. The van der Waals surface area contributed by atoms with Gasteiger partial charge in [-0.05, 0) is 11.8 Å². The molecule has 0 rings (SSSR count). The summed E-state index contributed by atoms with van der Waals surface area (Å²) in [5, 5.41) is 8.41. The van der Waals surface area contributed by atoms with Crippen molar-refractivity contribution >= 4 is 5.97 Å². The first-order valence-corrected chi connectivity index (χ1v) is 4.35. The fraction of sp³-hybridized carbons (Fsp3) is 0.700. The van der Waals surface area contributed by atoms with Gasteiger partial charge in [-0.3, -0.25) is 0 Å². The molecule has 0 fully saturated rings. The molecule has 3 N–H and O–H groups in total. The minimum atomic E-state index is -1.13. The van der Waals surface area contributed by atoms with Crippen LogP contribution in [0.15, 0.2) is 0 Å². The van der Waals surface area contributed by atoms with Gasteiger partial charge in [0.2, 0.25) is 0 Å². The second-order valence-corrected chi connectivity index (χ2v) is 3.80. The fourth-order valence-electron chi connectivity index (χ4n) is 1.12. The van der Waals surface area contributed by atoms with Gasteiger partial charge in [-0.15, -0.1) is 0 Å². The Labute approximate surface area is 79.3 Å². The summed E-state index contributed by atoms with van der Waals surface area (Å²) >= 11 is 0. The minimum Gasteiger partial charge on any atom is -0.472 e. The number of carboxylic acid groups (broad SMARTS) is 1. The number of rotatable bonds is 2. The van der Waals surface area contributed by atoms with Crippen molar-refractivity contribution in [3.8, 4) is 11.8 Å². The van der Waals surface area contributed by atoms with E-state index in [9.17, 15) is 4.79 Å². The predicted octanol–water partition coefficient (Wildman–Crippen LogP) is 1.08. The highest BCUT2D eigenvalue weighted by Gasteiger charge is 2.30. The van der Waals surface area contributed by atoms with Crippen LogP contribution in [0.25, 0.3) is 0 Å². The third kappa shape index (κ3) is 3.08. The predicted molar refractivity (Wildman–Crippen MR) is 52.0 cm³/mol. The van der Waals surface area contributed by atoms with Gasteiger partial charge in [0.25, 0.3) is 0 Å². The maximum Gasteiger partial charge on any atom is 0.381 e. The Morgan fingerprint density at radius 2 is 1.69 bits per heavy atom. The standard InChI is InChI=1S/C10H17NO2/c1-7(2)10(11,8(3)4)6-5-9(12)13/h7-8H,11H2,1-4H3,(H,12,13). The molecule has 0 aromatic rings. The molecule has 0 amide bonds. The summed E-state index contributed by atoms with van der Waals surface area (Å²) in [7, 11) is 0. The molecule has 0 aliphatic carbocycles. The molecule has 0 aliphatic rings. The van der Waals surface area contributed by atoms with E-state index in [0.29, 0.717) is 0 Å². The van der Waals surface area contributed by atoms with Crippen LogP contribution in [0.1, 0.15) is 27.7 Å². The Bertz CT molecular complexity index is 237. The van der Waals surface area contributed by atoms with Crippen molar-refractivity contribution < 1.29 is 9.90 Å². The van der Waals surface area contributed by atoms with Crippen LogP contribution in [0.2, 0.25) is 0 Å². The van der Waals surface area contributed by atoms with E-state index in [4.69, 9.17) is 10.8 Å². The molecule has 3 nitrogen and oxygen atoms in total. The molecule has 0 aliphatic heterocycles. The monoisotopic (exact) mass is 183 g/mol. The van der Waals surface area contributed by atoms with Gasteiger partial charge in [-0.2, -0.15) is 0 Å². The lowest BCUT2D eigenvalue weighted by Gasteiger charge is -2.32. The first kappa shape index (κ1) is 12.0. The molecule has 0 atom stereocenters. The average molecular weight is 183 g/mol. The van der Waals surface area contributed by atoms with Crippen LogP contribution >= 0.6 is 0 Å². The van der Waals surface area contributed by atoms with Crippen LogP contribution < -0.4 is 5.73 Å². The van der Waals surface area contributed by atoms with Crippen molar-refractivity contribution in [3.05, 3.63) is 0 Å². The van der Waals surface area contributed by atoms with Gasteiger partial charge < -0.3 is 10.8 Å². The number of carboxylic acids is 1. The first-order valence-electron chi connectivity index (χ1n) is 4.35. The van der Waals surface area contributed by atoms with Gasteiger partial charge in [-0.1, -0.05) is 33.6 Å². The van der Waals surface area contributed by atoms with Crippen molar-refractivity contribution in [2.75, 3.05) is 0 Å². The van der Waals surface area contributed by atoms with Crippen LogP contribution in [-0.4, -0.2) is 16.6 Å². The maximum atomic E-state index is 10.3. The van der Waals surface area contributed by atoms with E-state index in [-0.39, 0.29) is 11.8 Å². The fourth-order valence-corrected chi connectivity index (χ4v) is 1.12. The van der Waals surface area contributed by atoms with E-state index < -0.39 is 11.5 Å². The molecule has 0 spiro atoms. The van der Waals surface area contributed by atoms with Crippen LogP contribution in [0.3, 0.4) is 0 Å². The molecule has 0 saturated carbocycles. The zero-order valence-electron chi connectivity index (χ0n) is 8.59. The van der Waals surface area contributed by atoms with Crippen molar-refractivity contribution in [1.82, 2.24) is 0 Å². The molecule has 0 bridgehead atoms. The molecule has 0 radical (unpaired) electrons. The summed E-state index contributed by atoms with van der Waals surface area (Å²) in [6.45, 7) is 7.76. The van der Waals surface area contributed by atoms with Crippen molar-refractivity contribution in [1.29, 1.82) is 0 Å². The van der Waals surface area contributed by atoms with Gasteiger partial charge in [0.15, 0.2) is 0 Å². The Balaban J connectivity index is 4.85. The van der Waals surface area contributed by atoms with Crippen molar-refractivity contribution in [3.63, 3.8) is 0 Å². The topological polar surface area (TPSA) is 63.3 Å². The lowest BCUT2D eigenvalue weighted by Crippen LogP contribution is -2.48. The zero-order valence-corrected chi connectivity index (χ0v) is 8.59. The summed E-state index contributed by atoms with van der Waals surface area (Å²) in [5.74, 6) is 3.86. The zero-order chi connectivity index (χ0) is 10.6. The average Bonchev–Trinajstić information content (AvgIpc) is 1.99. The Hall–Kier alpha value is -1.01. The van der Waals surface area contributed by atoms with E-state index in [1.807, 2.05) is 27.7 Å². The SMILES string of the molecule is CC(C)C(N)(C#CC(=O)O)C(C)C. The lowest BCUT2D eigenvalue weighted by atomic mass is 9.78. The van der Waals surface area contributed by atoms with Crippen molar-refractivity contribution in [2.45, 2.75) is 33.2 Å². The number of hydrogen-bond donors (Lipinski definition) is 2. The first-order chi connectivity index (χ1) is 5.80. The Morgan fingerprint density at radius 1 is 1.31 bits per heavy atom. The molecule has 74 valence electrons. The van der Waals surface area contributed by atoms with E-state index in [2.05, 4.69) is 11.8 Å². The van der Waals surface area contributed by atoms with Gasteiger partial charge in [0.05, 0.1) is 5.54 Å². The largest absolute Gasteiger partial charge is 0.472 e. The summed E-state index contributed by atoms with van der Waals surface area (Å²) in [4.78, 5) is 10.3. The Kier molecular flexibility index (Phi) is 3.96. The number of carbonyl (C=O) groups is 1. The molecule has 0 heterocycles. The molecule has 0 aromatic carbocycles. The third-order valence-electron chi connectivity index (χ3n) is 2.30. The smallest absolute Gasteiger partial charge is 0.381 e. The van der Waals surface area contributed by atoms with E-state index >= 15 is 0 Å². The third-order valence-corrected chi connectivity index (χ3v) is 2.30. The second kappa shape index (κ2) is 4.29. The quantitative estimate of drug-likeness (QED) is 0.630. The highest BCUT2D eigenvalue weighted by Crippen LogP contribution is 2.22. The molecular weight excluding hydrogens is 166 g/mol. The van der Waals surface area contributed by atoms with E-state index in [0.717, 1.165) is 0 Å². The van der Waals surface area contributed by atoms with Gasteiger partial charge in [0, 0.05) is 5.92 Å². The van der Waals surface area contributed by atoms with E-state index in [1.54, 1.807) is 0 Å². The van der Waals surface area contributed by atoms with Crippen LogP contribution in [0, 0.1) is 23.7 Å². The number of nitrogens with two attached hydrogens (primary N) is 1. The van der Waals surface area contributed by atoms with E-state index in [1.165, 1.54) is 0 Å².